The SMILES string of the molecule is CC(C)(C)c1nc(C2CCCOC2)sc1CN. The first-order valence-electron chi connectivity index (χ1n) is 6.30. The number of thiazole rings is 1. The fraction of sp³-hybridized carbons (Fsp3) is 0.769. The molecule has 0 aromatic carbocycles. The summed E-state index contributed by atoms with van der Waals surface area (Å²) in [6, 6.07) is 0. The van der Waals surface area contributed by atoms with Crippen LogP contribution in [0.15, 0.2) is 0 Å². The second kappa shape index (κ2) is 5.04. The zero-order valence-electron chi connectivity index (χ0n) is 11.0. The molecule has 0 saturated carbocycles. The van der Waals surface area contributed by atoms with E-state index in [0.717, 1.165) is 19.6 Å². The predicted octanol–water partition coefficient (Wildman–Crippen LogP) is 2.79. The van der Waals surface area contributed by atoms with Gasteiger partial charge in [-0.15, -0.1) is 11.3 Å². The molecule has 1 aromatic heterocycles. The number of hydrogen-bond donors (Lipinski definition) is 1. The lowest BCUT2D eigenvalue weighted by atomic mass is 9.91. The molecule has 1 aliphatic heterocycles. The van der Waals surface area contributed by atoms with E-state index in [1.807, 2.05) is 0 Å². The van der Waals surface area contributed by atoms with Crippen LogP contribution in [0, 0.1) is 0 Å². The van der Waals surface area contributed by atoms with Gasteiger partial charge in [0.25, 0.3) is 0 Å². The average molecular weight is 254 g/mol. The quantitative estimate of drug-likeness (QED) is 0.883. The molecule has 1 aromatic rings. The number of ether oxygens (including phenoxy) is 1. The summed E-state index contributed by atoms with van der Waals surface area (Å²) in [7, 11) is 0. The highest BCUT2D eigenvalue weighted by Gasteiger charge is 2.26. The number of nitrogens with two attached hydrogens (primary N) is 1. The monoisotopic (exact) mass is 254 g/mol. The maximum absolute atomic E-state index is 5.83. The molecule has 0 radical (unpaired) electrons. The Balaban J connectivity index is 2.27. The lowest BCUT2D eigenvalue weighted by molar-refractivity contribution is 0.0803. The van der Waals surface area contributed by atoms with Gasteiger partial charge in [0.2, 0.25) is 0 Å². The summed E-state index contributed by atoms with van der Waals surface area (Å²) in [5.74, 6) is 0.482. The van der Waals surface area contributed by atoms with Gasteiger partial charge in [0.1, 0.15) is 0 Å². The van der Waals surface area contributed by atoms with Crippen molar-refractivity contribution in [1.29, 1.82) is 0 Å². The summed E-state index contributed by atoms with van der Waals surface area (Å²) in [4.78, 5) is 6.07. The third-order valence-electron chi connectivity index (χ3n) is 3.12. The van der Waals surface area contributed by atoms with E-state index < -0.39 is 0 Å². The van der Waals surface area contributed by atoms with Crippen LogP contribution >= 0.6 is 11.3 Å². The van der Waals surface area contributed by atoms with Gasteiger partial charge in [-0.25, -0.2) is 4.98 Å². The van der Waals surface area contributed by atoms with Crippen LogP contribution in [0.3, 0.4) is 0 Å². The highest BCUT2D eigenvalue weighted by atomic mass is 32.1. The van der Waals surface area contributed by atoms with Crippen molar-refractivity contribution in [2.24, 2.45) is 5.73 Å². The molecule has 0 aliphatic carbocycles. The van der Waals surface area contributed by atoms with Gasteiger partial charge in [-0.1, -0.05) is 20.8 Å². The van der Waals surface area contributed by atoms with E-state index in [9.17, 15) is 0 Å². The predicted molar refractivity (Wildman–Crippen MR) is 71.5 cm³/mol. The maximum Gasteiger partial charge on any atom is 0.0985 e. The Bertz CT molecular complexity index is 375. The Morgan fingerprint density at radius 1 is 1.47 bits per heavy atom. The molecule has 1 fully saturated rings. The fourth-order valence-corrected chi connectivity index (χ4v) is 3.48. The van der Waals surface area contributed by atoms with Crippen LogP contribution in [-0.4, -0.2) is 18.2 Å². The van der Waals surface area contributed by atoms with Gasteiger partial charge in [-0.2, -0.15) is 0 Å². The zero-order chi connectivity index (χ0) is 12.5. The summed E-state index contributed by atoms with van der Waals surface area (Å²) >= 11 is 1.78. The molecule has 2 N–H and O–H groups in total. The zero-order valence-corrected chi connectivity index (χ0v) is 11.8. The molecule has 1 aliphatic rings. The van der Waals surface area contributed by atoms with Crippen molar-refractivity contribution in [2.75, 3.05) is 13.2 Å². The molecule has 17 heavy (non-hydrogen) atoms. The fourth-order valence-electron chi connectivity index (χ4n) is 2.20. The molecule has 0 spiro atoms. The van der Waals surface area contributed by atoms with Crippen molar-refractivity contribution in [3.63, 3.8) is 0 Å². The van der Waals surface area contributed by atoms with Gasteiger partial charge in [0.15, 0.2) is 0 Å². The molecule has 0 amide bonds. The van der Waals surface area contributed by atoms with Gasteiger partial charge in [0.05, 0.1) is 17.3 Å². The highest BCUT2D eigenvalue weighted by Crippen LogP contribution is 2.35. The van der Waals surface area contributed by atoms with Crippen molar-refractivity contribution in [1.82, 2.24) is 4.98 Å². The number of hydrogen-bond acceptors (Lipinski definition) is 4. The Kier molecular flexibility index (Phi) is 3.85. The molecular formula is C13H22N2OS. The third kappa shape index (κ3) is 2.87. The standard InChI is InChI=1S/C13H22N2OS/c1-13(2,3)11-10(7-14)17-12(15-11)9-5-4-6-16-8-9/h9H,4-8,14H2,1-3H3. The highest BCUT2D eigenvalue weighted by molar-refractivity contribution is 7.11. The maximum atomic E-state index is 5.83. The van der Waals surface area contributed by atoms with Gasteiger partial charge in [-0.05, 0) is 12.8 Å². The Morgan fingerprint density at radius 2 is 2.24 bits per heavy atom. The largest absolute Gasteiger partial charge is 0.381 e. The van der Waals surface area contributed by atoms with E-state index in [-0.39, 0.29) is 5.41 Å². The van der Waals surface area contributed by atoms with Crippen LogP contribution in [0.2, 0.25) is 0 Å². The van der Waals surface area contributed by atoms with Crippen LogP contribution in [0.25, 0.3) is 0 Å². The molecule has 1 saturated heterocycles. The molecule has 2 heterocycles. The van der Waals surface area contributed by atoms with Crippen LogP contribution in [0.5, 0.6) is 0 Å². The summed E-state index contributed by atoms with van der Waals surface area (Å²) in [5, 5.41) is 1.22. The molecule has 3 nitrogen and oxygen atoms in total. The Hall–Kier alpha value is -0.450. The van der Waals surface area contributed by atoms with Crippen molar-refractivity contribution in [3.8, 4) is 0 Å². The van der Waals surface area contributed by atoms with Crippen molar-refractivity contribution < 1.29 is 4.74 Å². The first kappa shape index (κ1) is 13.0. The van der Waals surface area contributed by atoms with Gasteiger partial charge in [-0.3, -0.25) is 0 Å². The van der Waals surface area contributed by atoms with E-state index in [1.54, 1.807) is 11.3 Å². The first-order valence-corrected chi connectivity index (χ1v) is 7.12. The molecule has 0 bridgehead atoms. The van der Waals surface area contributed by atoms with Gasteiger partial charge < -0.3 is 10.5 Å². The Labute approximate surface area is 107 Å². The second-order valence-corrected chi connectivity index (χ2v) is 6.81. The summed E-state index contributed by atoms with van der Waals surface area (Å²) in [6.07, 6.45) is 2.34. The second-order valence-electron chi connectivity index (χ2n) is 5.69. The van der Waals surface area contributed by atoms with E-state index in [2.05, 4.69) is 20.8 Å². The van der Waals surface area contributed by atoms with Crippen molar-refractivity contribution in [2.45, 2.75) is 51.5 Å². The van der Waals surface area contributed by atoms with E-state index in [1.165, 1.54) is 22.0 Å². The minimum absolute atomic E-state index is 0.0823. The number of aromatic nitrogens is 1. The van der Waals surface area contributed by atoms with Crippen molar-refractivity contribution in [3.05, 3.63) is 15.6 Å². The minimum Gasteiger partial charge on any atom is -0.381 e. The van der Waals surface area contributed by atoms with Crippen LogP contribution in [-0.2, 0) is 16.7 Å². The van der Waals surface area contributed by atoms with Gasteiger partial charge in [0, 0.05) is 29.4 Å². The molecule has 96 valence electrons. The lowest BCUT2D eigenvalue weighted by Gasteiger charge is -2.20. The summed E-state index contributed by atoms with van der Waals surface area (Å²) in [5.41, 5.74) is 7.08. The minimum atomic E-state index is 0.0823. The molecular weight excluding hydrogens is 232 g/mol. The lowest BCUT2D eigenvalue weighted by Crippen LogP contribution is -2.17. The summed E-state index contributed by atoms with van der Waals surface area (Å²) in [6.45, 7) is 8.91. The third-order valence-corrected chi connectivity index (χ3v) is 4.36. The topological polar surface area (TPSA) is 48.1 Å². The molecule has 1 atom stereocenters. The Morgan fingerprint density at radius 3 is 2.71 bits per heavy atom. The summed E-state index contributed by atoms with van der Waals surface area (Å²) < 4.78 is 5.54. The van der Waals surface area contributed by atoms with Gasteiger partial charge >= 0.3 is 0 Å². The van der Waals surface area contributed by atoms with E-state index >= 15 is 0 Å². The van der Waals surface area contributed by atoms with Crippen molar-refractivity contribution >= 4 is 11.3 Å². The molecule has 2 rings (SSSR count). The van der Waals surface area contributed by atoms with Crippen LogP contribution < -0.4 is 5.73 Å². The van der Waals surface area contributed by atoms with E-state index in [0.29, 0.717) is 12.5 Å². The smallest absolute Gasteiger partial charge is 0.0985 e. The van der Waals surface area contributed by atoms with Crippen LogP contribution in [0.4, 0.5) is 0 Å². The van der Waals surface area contributed by atoms with Crippen LogP contribution in [0.1, 0.15) is 55.1 Å². The first-order chi connectivity index (χ1) is 8.02. The number of nitrogens with zero attached hydrogens (tertiary/aromatic N) is 1. The normalized spacial score (nSPS) is 21.8. The average Bonchev–Trinajstić information content (AvgIpc) is 2.74. The molecule has 1 unspecified atom stereocenters. The number of rotatable bonds is 2. The van der Waals surface area contributed by atoms with E-state index in [4.69, 9.17) is 15.5 Å². The molecule has 4 heteroatoms.